The SMILES string of the molecule is CCCCN(CCCC)Cc1noc2c1CCCC2. The molecule has 0 amide bonds. The highest BCUT2D eigenvalue weighted by Gasteiger charge is 2.20. The van der Waals surface area contributed by atoms with Crippen LogP contribution in [0.5, 0.6) is 0 Å². The molecule has 0 saturated carbocycles. The molecule has 1 aromatic heterocycles. The highest BCUT2D eigenvalue weighted by molar-refractivity contribution is 5.25. The second-order valence-corrected chi connectivity index (χ2v) is 5.72. The number of unbranched alkanes of at least 4 members (excludes halogenated alkanes) is 2. The maximum atomic E-state index is 5.52. The minimum absolute atomic E-state index is 0.985. The van der Waals surface area contributed by atoms with Crippen LogP contribution in [-0.2, 0) is 19.4 Å². The third-order valence-corrected chi connectivity index (χ3v) is 4.06. The predicted molar refractivity (Wildman–Crippen MR) is 78.2 cm³/mol. The van der Waals surface area contributed by atoms with Gasteiger partial charge in [-0.2, -0.15) is 0 Å². The first-order valence-corrected chi connectivity index (χ1v) is 8.03. The lowest BCUT2D eigenvalue weighted by Gasteiger charge is -2.21. The Balaban J connectivity index is 1.97. The van der Waals surface area contributed by atoms with Gasteiger partial charge in [0.05, 0.1) is 0 Å². The van der Waals surface area contributed by atoms with Crippen molar-refractivity contribution in [1.29, 1.82) is 0 Å². The molecule has 0 radical (unpaired) electrons. The molecule has 0 aromatic carbocycles. The number of rotatable bonds is 8. The molecule has 1 heterocycles. The molecule has 2 rings (SSSR count). The molecule has 0 aliphatic heterocycles. The third kappa shape index (κ3) is 4.07. The lowest BCUT2D eigenvalue weighted by molar-refractivity contribution is 0.248. The summed E-state index contributed by atoms with van der Waals surface area (Å²) in [6, 6.07) is 0. The summed E-state index contributed by atoms with van der Waals surface area (Å²) in [6.45, 7) is 7.89. The van der Waals surface area contributed by atoms with Gasteiger partial charge in [0.2, 0.25) is 0 Å². The molecular weight excluding hydrogens is 236 g/mol. The van der Waals surface area contributed by atoms with E-state index >= 15 is 0 Å². The van der Waals surface area contributed by atoms with E-state index in [9.17, 15) is 0 Å². The fraction of sp³-hybridized carbons (Fsp3) is 0.812. The summed E-state index contributed by atoms with van der Waals surface area (Å²) in [5.74, 6) is 1.16. The zero-order valence-corrected chi connectivity index (χ0v) is 12.6. The Hall–Kier alpha value is -0.830. The van der Waals surface area contributed by atoms with Gasteiger partial charge in [0.25, 0.3) is 0 Å². The monoisotopic (exact) mass is 264 g/mol. The van der Waals surface area contributed by atoms with Crippen molar-refractivity contribution < 1.29 is 4.52 Å². The molecule has 3 heteroatoms. The van der Waals surface area contributed by atoms with Gasteiger partial charge in [0.1, 0.15) is 11.5 Å². The summed E-state index contributed by atoms with van der Waals surface area (Å²) in [4.78, 5) is 2.56. The van der Waals surface area contributed by atoms with Crippen LogP contribution in [0.1, 0.15) is 69.4 Å². The van der Waals surface area contributed by atoms with Gasteiger partial charge in [-0.25, -0.2) is 0 Å². The molecule has 1 aromatic rings. The summed E-state index contributed by atoms with van der Waals surface area (Å²) in [7, 11) is 0. The molecule has 19 heavy (non-hydrogen) atoms. The van der Waals surface area contributed by atoms with Crippen LogP contribution in [0.2, 0.25) is 0 Å². The maximum Gasteiger partial charge on any atom is 0.140 e. The Morgan fingerprint density at radius 3 is 2.42 bits per heavy atom. The average molecular weight is 264 g/mol. The molecule has 0 N–H and O–H groups in total. The van der Waals surface area contributed by atoms with Crippen LogP contribution in [0, 0.1) is 0 Å². The quantitative estimate of drug-likeness (QED) is 0.712. The summed E-state index contributed by atoms with van der Waals surface area (Å²) in [5, 5.41) is 4.34. The minimum Gasteiger partial charge on any atom is -0.361 e. The minimum atomic E-state index is 0.985. The lowest BCUT2D eigenvalue weighted by atomic mass is 9.96. The van der Waals surface area contributed by atoms with Crippen LogP contribution in [0.3, 0.4) is 0 Å². The van der Waals surface area contributed by atoms with Crippen molar-refractivity contribution in [2.24, 2.45) is 0 Å². The van der Waals surface area contributed by atoms with Gasteiger partial charge in [0.15, 0.2) is 0 Å². The Labute approximate surface area is 117 Å². The summed E-state index contributed by atoms with van der Waals surface area (Å²) >= 11 is 0. The normalized spacial score (nSPS) is 14.9. The largest absolute Gasteiger partial charge is 0.361 e. The van der Waals surface area contributed by atoms with Gasteiger partial charge in [-0.05, 0) is 45.2 Å². The zero-order chi connectivity index (χ0) is 13.5. The first-order valence-electron chi connectivity index (χ1n) is 8.03. The number of aryl methyl sites for hydroxylation is 1. The zero-order valence-electron chi connectivity index (χ0n) is 12.6. The standard InChI is InChI=1S/C16H28N2O/c1-3-5-11-18(12-6-4-2)13-15-14-9-7-8-10-16(14)19-17-15/h3-13H2,1-2H3. The molecule has 0 fully saturated rings. The fourth-order valence-corrected chi connectivity index (χ4v) is 2.82. The Morgan fingerprint density at radius 2 is 1.74 bits per heavy atom. The van der Waals surface area contributed by atoms with E-state index in [4.69, 9.17) is 4.52 Å². The van der Waals surface area contributed by atoms with Crippen molar-refractivity contribution in [1.82, 2.24) is 10.1 Å². The van der Waals surface area contributed by atoms with E-state index in [1.165, 1.54) is 69.3 Å². The lowest BCUT2D eigenvalue weighted by Crippen LogP contribution is -2.26. The second kappa shape index (κ2) is 7.68. The van der Waals surface area contributed by atoms with E-state index in [0.717, 1.165) is 18.7 Å². The molecular formula is C16H28N2O. The summed E-state index contributed by atoms with van der Waals surface area (Å²) < 4.78 is 5.52. The Kier molecular flexibility index (Phi) is 5.90. The molecule has 0 bridgehead atoms. The summed E-state index contributed by atoms with van der Waals surface area (Å²) in [6.07, 6.45) is 9.91. The molecule has 0 atom stereocenters. The van der Waals surface area contributed by atoms with Crippen LogP contribution >= 0.6 is 0 Å². The van der Waals surface area contributed by atoms with Crippen LogP contribution in [0.4, 0.5) is 0 Å². The Bertz CT molecular complexity index is 365. The number of nitrogens with zero attached hydrogens (tertiary/aromatic N) is 2. The Morgan fingerprint density at radius 1 is 1.05 bits per heavy atom. The van der Waals surface area contributed by atoms with Crippen LogP contribution in [0.25, 0.3) is 0 Å². The van der Waals surface area contributed by atoms with E-state index in [-0.39, 0.29) is 0 Å². The van der Waals surface area contributed by atoms with Crippen molar-refractivity contribution in [3.8, 4) is 0 Å². The van der Waals surface area contributed by atoms with Gasteiger partial charge >= 0.3 is 0 Å². The number of hydrogen-bond acceptors (Lipinski definition) is 3. The molecule has 0 unspecified atom stereocenters. The molecule has 1 aliphatic rings. The van der Waals surface area contributed by atoms with E-state index in [0.29, 0.717) is 0 Å². The molecule has 1 aliphatic carbocycles. The van der Waals surface area contributed by atoms with Gasteiger partial charge in [-0.1, -0.05) is 31.8 Å². The molecule has 0 spiro atoms. The third-order valence-electron chi connectivity index (χ3n) is 4.06. The summed E-state index contributed by atoms with van der Waals surface area (Å²) in [5.41, 5.74) is 2.63. The van der Waals surface area contributed by atoms with Gasteiger partial charge in [-0.3, -0.25) is 4.90 Å². The number of fused-ring (bicyclic) bond motifs is 1. The van der Waals surface area contributed by atoms with Gasteiger partial charge in [-0.15, -0.1) is 0 Å². The first-order chi connectivity index (χ1) is 9.35. The van der Waals surface area contributed by atoms with Gasteiger partial charge < -0.3 is 4.52 Å². The van der Waals surface area contributed by atoms with Crippen molar-refractivity contribution in [3.05, 3.63) is 17.0 Å². The number of aromatic nitrogens is 1. The average Bonchev–Trinajstić information content (AvgIpc) is 2.85. The number of hydrogen-bond donors (Lipinski definition) is 0. The predicted octanol–water partition coefficient (Wildman–Crippen LogP) is 3.96. The van der Waals surface area contributed by atoms with E-state index in [1.54, 1.807) is 0 Å². The first kappa shape index (κ1) is 14.6. The highest BCUT2D eigenvalue weighted by atomic mass is 16.5. The maximum absolute atomic E-state index is 5.52. The van der Waals surface area contributed by atoms with Crippen molar-refractivity contribution in [2.45, 2.75) is 71.8 Å². The fourth-order valence-electron chi connectivity index (χ4n) is 2.82. The van der Waals surface area contributed by atoms with Gasteiger partial charge in [0, 0.05) is 18.5 Å². The molecule has 0 saturated heterocycles. The molecule has 3 nitrogen and oxygen atoms in total. The van der Waals surface area contributed by atoms with Crippen molar-refractivity contribution >= 4 is 0 Å². The van der Waals surface area contributed by atoms with Crippen LogP contribution in [-0.4, -0.2) is 23.1 Å². The van der Waals surface area contributed by atoms with E-state index < -0.39 is 0 Å². The molecule has 108 valence electrons. The van der Waals surface area contributed by atoms with E-state index in [2.05, 4.69) is 23.9 Å². The highest BCUT2D eigenvalue weighted by Crippen LogP contribution is 2.25. The smallest absolute Gasteiger partial charge is 0.140 e. The van der Waals surface area contributed by atoms with Crippen LogP contribution in [0.15, 0.2) is 4.52 Å². The topological polar surface area (TPSA) is 29.3 Å². The second-order valence-electron chi connectivity index (χ2n) is 5.72. The van der Waals surface area contributed by atoms with Crippen molar-refractivity contribution in [2.75, 3.05) is 13.1 Å². The van der Waals surface area contributed by atoms with E-state index in [1.807, 2.05) is 0 Å². The van der Waals surface area contributed by atoms with Crippen molar-refractivity contribution in [3.63, 3.8) is 0 Å². The van der Waals surface area contributed by atoms with Crippen LogP contribution < -0.4 is 0 Å².